The van der Waals surface area contributed by atoms with E-state index >= 15 is 0 Å². The van der Waals surface area contributed by atoms with Crippen LogP contribution < -0.4 is 0 Å². The summed E-state index contributed by atoms with van der Waals surface area (Å²) in [4.78, 5) is 24.9. The topological polar surface area (TPSA) is 72.8 Å². The van der Waals surface area contributed by atoms with Crippen LogP contribution in [0.4, 0.5) is 0 Å². The molecule has 0 aliphatic heterocycles. The zero-order valence-electron chi connectivity index (χ0n) is 28.9. The molecule has 0 amide bonds. The minimum Gasteiger partial charge on any atom is -0.507 e. The lowest BCUT2D eigenvalue weighted by Crippen LogP contribution is -2.29. The van der Waals surface area contributed by atoms with Gasteiger partial charge >= 0.3 is 11.9 Å². The van der Waals surface area contributed by atoms with Crippen molar-refractivity contribution in [3.63, 3.8) is 0 Å². The van der Waals surface area contributed by atoms with E-state index in [1.54, 1.807) is 6.92 Å². The number of hydrogen-bond acceptors (Lipinski definition) is 5. The molecule has 1 unspecified atom stereocenters. The van der Waals surface area contributed by atoms with Crippen LogP contribution >= 0.6 is 0 Å². The van der Waals surface area contributed by atoms with Gasteiger partial charge in [-0.1, -0.05) is 136 Å². The number of aromatic hydroxyl groups is 1. The smallest absolute Gasteiger partial charge is 0.347 e. The van der Waals surface area contributed by atoms with Gasteiger partial charge in [0.1, 0.15) is 5.75 Å². The van der Waals surface area contributed by atoms with Crippen molar-refractivity contribution in [2.45, 2.75) is 188 Å². The van der Waals surface area contributed by atoms with Crippen LogP contribution in [0.3, 0.4) is 0 Å². The number of ether oxygens (including phenoxy) is 2. The van der Waals surface area contributed by atoms with Crippen molar-refractivity contribution in [2.75, 3.05) is 6.61 Å². The number of benzene rings is 1. The first kappa shape index (κ1) is 39.0. The Kier molecular flexibility index (Phi) is 21.2. The maximum atomic E-state index is 12.5. The molecule has 0 aromatic heterocycles. The Bertz CT molecular complexity index is 885. The van der Waals surface area contributed by atoms with Crippen LogP contribution in [0.1, 0.15) is 180 Å². The van der Waals surface area contributed by atoms with Gasteiger partial charge in [-0.25, -0.2) is 4.79 Å². The highest BCUT2D eigenvalue weighted by Crippen LogP contribution is 2.34. The Balaban J connectivity index is 2.23. The Labute approximate surface area is 264 Å². The zero-order valence-corrected chi connectivity index (χ0v) is 28.9. The van der Waals surface area contributed by atoms with E-state index in [0.29, 0.717) is 18.6 Å². The molecule has 0 aliphatic carbocycles. The molecule has 1 aromatic rings. The predicted molar refractivity (Wildman–Crippen MR) is 180 cm³/mol. The lowest BCUT2D eigenvalue weighted by atomic mass is 9.83. The Hall–Kier alpha value is -2.04. The van der Waals surface area contributed by atoms with Gasteiger partial charge < -0.3 is 14.6 Å². The normalized spacial score (nSPS) is 12.3. The van der Waals surface area contributed by atoms with Crippen molar-refractivity contribution < 1.29 is 24.2 Å². The average molecular weight is 603 g/mol. The van der Waals surface area contributed by atoms with Crippen molar-refractivity contribution in [2.24, 2.45) is 0 Å². The molecule has 0 heterocycles. The second kappa shape index (κ2) is 23.4. The van der Waals surface area contributed by atoms with Crippen molar-refractivity contribution in [3.05, 3.63) is 28.8 Å². The molecular weight excluding hydrogens is 536 g/mol. The summed E-state index contributed by atoms with van der Waals surface area (Å²) in [5.41, 5.74) is 2.99. The molecule has 0 fully saturated rings. The van der Waals surface area contributed by atoms with Gasteiger partial charge in [-0.05, 0) is 68.1 Å². The van der Waals surface area contributed by atoms with Crippen molar-refractivity contribution in [1.29, 1.82) is 0 Å². The van der Waals surface area contributed by atoms with Gasteiger partial charge in [0.15, 0.2) is 6.10 Å². The largest absolute Gasteiger partial charge is 0.507 e. The molecule has 5 nitrogen and oxygen atoms in total. The van der Waals surface area contributed by atoms with E-state index in [0.717, 1.165) is 56.1 Å². The first-order valence-corrected chi connectivity index (χ1v) is 17.8. The monoisotopic (exact) mass is 602 g/mol. The third-order valence-corrected chi connectivity index (χ3v) is 8.41. The van der Waals surface area contributed by atoms with Crippen molar-refractivity contribution in [1.82, 2.24) is 0 Å². The number of rotatable bonds is 25. The van der Waals surface area contributed by atoms with E-state index in [1.807, 2.05) is 6.92 Å². The number of carbonyl (C=O) groups is 2. The highest BCUT2D eigenvalue weighted by atomic mass is 16.6. The third kappa shape index (κ3) is 18.4. The Morgan fingerprint density at radius 2 is 1.26 bits per heavy atom. The van der Waals surface area contributed by atoms with E-state index < -0.39 is 12.1 Å². The molecular formula is C38H66O5. The first-order chi connectivity index (χ1) is 20.6. The van der Waals surface area contributed by atoms with Crippen LogP contribution in [0.5, 0.6) is 5.75 Å². The molecule has 1 aromatic carbocycles. The number of hydrogen-bond donors (Lipinski definition) is 1. The fourth-order valence-corrected chi connectivity index (χ4v) is 5.72. The lowest BCUT2D eigenvalue weighted by molar-refractivity contribution is -0.168. The van der Waals surface area contributed by atoms with E-state index in [-0.39, 0.29) is 18.0 Å². The van der Waals surface area contributed by atoms with Crippen LogP contribution in [0, 0.1) is 6.92 Å². The fourth-order valence-electron chi connectivity index (χ4n) is 5.72. The first-order valence-electron chi connectivity index (χ1n) is 17.8. The molecule has 1 N–H and O–H groups in total. The number of phenolic OH excluding ortho intramolecular Hbond substituents is 1. The SMILES string of the molecule is CCCCCCCCCCCCCCCCCC(=O)OC(CCCCCc1cc(C)c(O)c(C(C)(C)C)c1)C(=O)OCC. The standard InChI is InChI=1S/C38H66O5/c1-7-9-10-11-12-13-14-15-16-17-18-19-20-21-25-28-35(39)43-34(37(41)42-8-2)27-24-22-23-26-32-29-31(3)36(40)33(30-32)38(4,5)6/h29-30,34,40H,7-28H2,1-6H3. The second-order valence-corrected chi connectivity index (χ2v) is 13.6. The predicted octanol–water partition coefficient (Wildman–Crippen LogP) is 10.8. The zero-order chi connectivity index (χ0) is 31.9. The molecule has 0 saturated heterocycles. The van der Waals surface area contributed by atoms with Crippen LogP contribution in [-0.4, -0.2) is 29.8 Å². The molecule has 0 radical (unpaired) electrons. The van der Waals surface area contributed by atoms with E-state index in [9.17, 15) is 14.7 Å². The Morgan fingerprint density at radius 3 is 1.77 bits per heavy atom. The van der Waals surface area contributed by atoms with Gasteiger partial charge in [-0.3, -0.25) is 4.79 Å². The quantitative estimate of drug-likeness (QED) is 0.0890. The third-order valence-electron chi connectivity index (χ3n) is 8.41. The molecule has 0 aliphatic rings. The number of aryl methyl sites for hydroxylation is 2. The maximum Gasteiger partial charge on any atom is 0.347 e. The minimum atomic E-state index is -0.813. The summed E-state index contributed by atoms with van der Waals surface area (Å²) >= 11 is 0. The molecule has 43 heavy (non-hydrogen) atoms. The number of carbonyl (C=O) groups excluding carboxylic acids is 2. The van der Waals surface area contributed by atoms with Crippen LogP contribution in [-0.2, 0) is 30.9 Å². The van der Waals surface area contributed by atoms with Gasteiger partial charge in [0.25, 0.3) is 0 Å². The lowest BCUT2D eigenvalue weighted by Gasteiger charge is -2.22. The molecule has 5 heteroatoms. The maximum absolute atomic E-state index is 12.5. The number of phenols is 1. The molecule has 248 valence electrons. The number of unbranched alkanes of at least 4 members (excludes halogenated alkanes) is 16. The van der Waals surface area contributed by atoms with Crippen LogP contribution in [0.2, 0.25) is 0 Å². The summed E-state index contributed by atoms with van der Waals surface area (Å²) in [5, 5.41) is 10.5. The van der Waals surface area contributed by atoms with Gasteiger partial charge in [-0.2, -0.15) is 0 Å². The number of esters is 2. The highest BCUT2D eigenvalue weighted by Gasteiger charge is 2.24. The van der Waals surface area contributed by atoms with Crippen molar-refractivity contribution in [3.8, 4) is 5.75 Å². The van der Waals surface area contributed by atoms with Crippen LogP contribution in [0.15, 0.2) is 12.1 Å². The average Bonchev–Trinajstić information content (AvgIpc) is 2.95. The second-order valence-electron chi connectivity index (χ2n) is 13.6. The minimum absolute atomic E-state index is 0.117. The highest BCUT2D eigenvalue weighted by molar-refractivity contribution is 5.79. The molecule has 0 saturated carbocycles. The summed E-state index contributed by atoms with van der Waals surface area (Å²) in [5.74, 6) is -0.335. The van der Waals surface area contributed by atoms with E-state index in [2.05, 4.69) is 39.8 Å². The fraction of sp³-hybridized carbons (Fsp3) is 0.789. The van der Waals surface area contributed by atoms with Gasteiger partial charge in [0, 0.05) is 6.42 Å². The van der Waals surface area contributed by atoms with E-state index in [4.69, 9.17) is 9.47 Å². The summed E-state index contributed by atoms with van der Waals surface area (Å²) in [6.45, 7) is 12.6. The van der Waals surface area contributed by atoms with E-state index in [1.165, 1.54) is 82.6 Å². The van der Waals surface area contributed by atoms with Gasteiger partial charge in [0.05, 0.1) is 6.61 Å². The van der Waals surface area contributed by atoms with Gasteiger partial charge in [0.2, 0.25) is 0 Å². The molecule has 0 spiro atoms. The molecule has 0 bridgehead atoms. The van der Waals surface area contributed by atoms with Crippen LogP contribution in [0.25, 0.3) is 0 Å². The molecule has 1 atom stereocenters. The summed E-state index contributed by atoms with van der Waals surface area (Å²) in [6, 6.07) is 4.18. The molecule has 1 rings (SSSR count). The summed E-state index contributed by atoms with van der Waals surface area (Å²) < 4.78 is 10.8. The van der Waals surface area contributed by atoms with Crippen molar-refractivity contribution >= 4 is 11.9 Å². The summed E-state index contributed by atoms with van der Waals surface area (Å²) in [6.07, 6.45) is 22.9. The Morgan fingerprint density at radius 1 is 0.744 bits per heavy atom. The summed E-state index contributed by atoms with van der Waals surface area (Å²) in [7, 11) is 0. The van der Waals surface area contributed by atoms with Gasteiger partial charge in [-0.15, -0.1) is 0 Å².